The van der Waals surface area contributed by atoms with E-state index in [-0.39, 0.29) is 18.5 Å². The first-order chi connectivity index (χ1) is 9.72. The summed E-state index contributed by atoms with van der Waals surface area (Å²) >= 11 is 0. The molecule has 0 radical (unpaired) electrons. The van der Waals surface area contributed by atoms with Gasteiger partial charge >= 0.3 is 12.0 Å². The van der Waals surface area contributed by atoms with Gasteiger partial charge in [-0.3, -0.25) is 4.79 Å². The Bertz CT molecular complexity index is 305. The van der Waals surface area contributed by atoms with E-state index in [4.69, 9.17) is 5.11 Å². The highest BCUT2D eigenvalue weighted by atomic mass is 16.4. The highest BCUT2D eigenvalue weighted by Gasteiger charge is 2.16. The summed E-state index contributed by atoms with van der Waals surface area (Å²) in [5.41, 5.74) is 0. The van der Waals surface area contributed by atoms with Crippen molar-refractivity contribution in [1.82, 2.24) is 10.2 Å². The Morgan fingerprint density at radius 3 is 1.81 bits per heavy atom. The molecule has 0 aliphatic carbocycles. The van der Waals surface area contributed by atoms with E-state index in [1.807, 2.05) is 11.8 Å². The fourth-order valence-corrected chi connectivity index (χ4v) is 1.86. The third-order valence-corrected chi connectivity index (χ3v) is 3.40. The first-order valence-electron chi connectivity index (χ1n) is 7.99. The number of urea groups is 1. The molecular weight excluding hydrogens is 268 g/mol. The van der Waals surface area contributed by atoms with Gasteiger partial charge in [0.15, 0.2) is 0 Å². The van der Waals surface area contributed by atoms with Crippen molar-refractivity contribution in [2.24, 2.45) is 11.8 Å². The average Bonchev–Trinajstić information content (AvgIpc) is 2.35. The summed E-state index contributed by atoms with van der Waals surface area (Å²) in [6.07, 6.45) is 2.51. The lowest BCUT2D eigenvalue weighted by Crippen LogP contribution is -2.45. The lowest BCUT2D eigenvalue weighted by molar-refractivity contribution is -0.137. The third kappa shape index (κ3) is 11.1. The second kappa shape index (κ2) is 10.5. The summed E-state index contributed by atoms with van der Waals surface area (Å²) in [6, 6.07) is -0.191. The van der Waals surface area contributed by atoms with E-state index in [1.54, 1.807) is 0 Å². The molecule has 0 rings (SSSR count). The van der Waals surface area contributed by atoms with Gasteiger partial charge in [0.05, 0.1) is 0 Å². The van der Waals surface area contributed by atoms with Crippen molar-refractivity contribution in [3.05, 3.63) is 0 Å². The number of carbonyl (C=O) groups is 2. The van der Waals surface area contributed by atoms with Crippen LogP contribution in [0.4, 0.5) is 4.79 Å². The summed E-state index contributed by atoms with van der Waals surface area (Å²) in [5.74, 6) is 0.292. The predicted octanol–water partition coefficient (Wildman–Crippen LogP) is 3.34. The molecule has 5 heteroatoms. The second-order valence-electron chi connectivity index (χ2n) is 6.64. The number of hydrogen-bond donors (Lipinski definition) is 2. The third-order valence-electron chi connectivity index (χ3n) is 3.40. The molecule has 0 bridgehead atoms. The van der Waals surface area contributed by atoms with Crippen LogP contribution in [0.3, 0.4) is 0 Å². The fourth-order valence-electron chi connectivity index (χ4n) is 1.86. The SMILES string of the molecule is CC(C)CCN(CCC(C)C)C(=O)NC(C)CCC(=O)O. The molecule has 2 amide bonds. The molecule has 0 aromatic heterocycles. The maximum atomic E-state index is 12.3. The summed E-state index contributed by atoms with van der Waals surface area (Å²) in [7, 11) is 0. The van der Waals surface area contributed by atoms with E-state index < -0.39 is 5.97 Å². The fraction of sp³-hybridized carbons (Fsp3) is 0.875. The molecule has 0 aliphatic heterocycles. The molecule has 0 saturated carbocycles. The molecule has 0 heterocycles. The van der Waals surface area contributed by atoms with Gasteiger partial charge in [0.2, 0.25) is 0 Å². The molecule has 2 N–H and O–H groups in total. The number of nitrogens with zero attached hydrogens (tertiary/aromatic N) is 1. The van der Waals surface area contributed by atoms with Gasteiger partial charge in [0.1, 0.15) is 0 Å². The number of carboxylic acids is 1. The van der Waals surface area contributed by atoms with Crippen LogP contribution in [0.15, 0.2) is 0 Å². The zero-order chi connectivity index (χ0) is 16.4. The number of aliphatic carboxylic acids is 1. The minimum absolute atomic E-state index is 0.0748. The number of carboxylic acid groups (broad SMARTS) is 1. The normalized spacial score (nSPS) is 12.5. The van der Waals surface area contributed by atoms with Crippen LogP contribution in [0, 0.1) is 11.8 Å². The highest BCUT2D eigenvalue weighted by Crippen LogP contribution is 2.07. The molecule has 124 valence electrons. The smallest absolute Gasteiger partial charge is 0.317 e. The summed E-state index contributed by atoms with van der Waals surface area (Å²) in [4.78, 5) is 24.7. The second-order valence-corrected chi connectivity index (χ2v) is 6.64. The molecule has 5 nitrogen and oxygen atoms in total. The lowest BCUT2D eigenvalue weighted by Gasteiger charge is -2.26. The Labute approximate surface area is 129 Å². The van der Waals surface area contributed by atoms with Crippen LogP contribution in [-0.2, 0) is 4.79 Å². The van der Waals surface area contributed by atoms with Gasteiger partial charge in [-0.15, -0.1) is 0 Å². The minimum atomic E-state index is -0.826. The number of amides is 2. The topological polar surface area (TPSA) is 69.6 Å². The predicted molar refractivity (Wildman–Crippen MR) is 85.3 cm³/mol. The number of nitrogens with one attached hydrogen (secondary N) is 1. The number of carbonyl (C=O) groups excluding carboxylic acids is 1. The molecule has 0 aromatic carbocycles. The molecule has 0 aromatic rings. The number of rotatable bonds is 10. The molecule has 1 atom stereocenters. The highest BCUT2D eigenvalue weighted by molar-refractivity contribution is 5.74. The number of hydrogen-bond acceptors (Lipinski definition) is 2. The van der Waals surface area contributed by atoms with Crippen molar-refractivity contribution in [3.63, 3.8) is 0 Å². The van der Waals surface area contributed by atoms with Gasteiger partial charge in [0, 0.05) is 25.6 Å². The zero-order valence-electron chi connectivity index (χ0n) is 14.2. The van der Waals surface area contributed by atoms with Crippen molar-refractivity contribution >= 4 is 12.0 Å². The molecule has 0 spiro atoms. The maximum Gasteiger partial charge on any atom is 0.317 e. The Hall–Kier alpha value is -1.26. The van der Waals surface area contributed by atoms with Crippen molar-refractivity contribution in [2.75, 3.05) is 13.1 Å². The van der Waals surface area contributed by atoms with Crippen LogP contribution in [0.1, 0.15) is 60.3 Å². The summed E-state index contributed by atoms with van der Waals surface area (Å²) < 4.78 is 0. The van der Waals surface area contributed by atoms with E-state index >= 15 is 0 Å². The maximum absolute atomic E-state index is 12.3. The van der Waals surface area contributed by atoms with Gasteiger partial charge < -0.3 is 15.3 Å². The van der Waals surface area contributed by atoms with E-state index in [1.165, 1.54) is 0 Å². The van der Waals surface area contributed by atoms with Gasteiger partial charge in [-0.1, -0.05) is 27.7 Å². The quantitative estimate of drug-likeness (QED) is 0.650. The van der Waals surface area contributed by atoms with Crippen LogP contribution in [0.25, 0.3) is 0 Å². The van der Waals surface area contributed by atoms with Crippen molar-refractivity contribution in [2.45, 2.75) is 66.3 Å². The Kier molecular flexibility index (Phi) is 9.84. The van der Waals surface area contributed by atoms with Crippen LogP contribution in [-0.4, -0.2) is 41.1 Å². The molecule has 0 saturated heterocycles. The molecule has 21 heavy (non-hydrogen) atoms. The van der Waals surface area contributed by atoms with Gasteiger partial charge in [0.25, 0.3) is 0 Å². The largest absolute Gasteiger partial charge is 0.481 e. The van der Waals surface area contributed by atoms with Crippen LogP contribution in [0.2, 0.25) is 0 Å². The average molecular weight is 300 g/mol. The zero-order valence-corrected chi connectivity index (χ0v) is 14.2. The van der Waals surface area contributed by atoms with E-state index in [2.05, 4.69) is 33.0 Å². The van der Waals surface area contributed by atoms with Crippen molar-refractivity contribution in [1.29, 1.82) is 0 Å². The summed E-state index contributed by atoms with van der Waals surface area (Å²) in [6.45, 7) is 11.9. The minimum Gasteiger partial charge on any atom is -0.481 e. The Morgan fingerprint density at radius 1 is 0.952 bits per heavy atom. The van der Waals surface area contributed by atoms with Crippen molar-refractivity contribution < 1.29 is 14.7 Å². The van der Waals surface area contributed by atoms with Crippen LogP contribution in [0.5, 0.6) is 0 Å². The van der Waals surface area contributed by atoms with E-state index in [0.29, 0.717) is 18.3 Å². The Morgan fingerprint density at radius 2 is 1.43 bits per heavy atom. The van der Waals surface area contributed by atoms with Crippen molar-refractivity contribution in [3.8, 4) is 0 Å². The van der Waals surface area contributed by atoms with Gasteiger partial charge in [-0.25, -0.2) is 4.79 Å². The Balaban J connectivity index is 4.36. The molecule has 0 aliphatic rings. The first kappa shape index (κ1) is 19.7. The van der Waals surface area contributed by atoms with Gasteiger partial charge in [-0.2, -0.15) is 0 Å². The van der Waals surface area contributed by atoms with Crippen LogP contribution < -0.4 is 5.32 Å². The van der Waals surface area contributed by atoms with Gasteiger partial charge in [-0.05, 0) is 38.0 Å². The molecule has 1 unspecified atom stereocenters. The molecule has 0 fully saturated rings. The summed E-state index contributed by atoms with van der Waals surface area (Å²) in [5, 5.41) is 11.6. The standard InChI is InChI=1S/C16H32N2O3/c1-12(2)8-10-18(11-9-13(3)4)16(21)17-14(5)6-7-15(19)20/h12-14H,6-11H2,1-5H3,(H,17,21)(H,19,20). The monoisotopic (exact) mass is 300 g/mol. The van der Waals surface area contributed by atoms with Crippen LogP contribution >= 0.6 is 0 Å². The molecular formula is C16H32N2O3. The lowest BCUT2D eigenvalue weighted by atomic mass is 10.1. The van der Waals surface area contributed by atoms with E-state index in [9.17, 15) is 9.59 Å². The first-order valence-corrected chi connectivity index (χ1v) is 7.99. The van der Waals surface area contributed by atoms with E-state index in [0.717, 1.165) is 25.9 Å².